The summed E-state index contributed by atoms with van der Waals surface area (Å²) >= 11 is 3.38. The van der Waals surface area contributed by atoms with Crippen molar-refractivity contribution >= 4 is 15.9 Å². The minimum atomic E-state index is 0.241. The first-order valence-electron chi connectivity index (χ1n) is 7.42. The number of nitrogens with zero attached hydrogens (tertiary/aromatic N) is 1. The maximum atomic E-state index is 5.97. The van der Waals surface area contributed by atoms with E-state index < -0.39 is 0 Å². The van der Waals surface area contributed by atoms with E-state index in [0.29, 0.717) is 12.0 Å². The van der Waals surface area contributed by atoms with Gasteiger partial charge in [0.2, 0.25) is 0 Å². The largest absolute Gasteiger partial charge is 0.453 e. The number of piperidine rings is 1. The van der Waals surface area contributed by atoms with Crippen molar-refractivity contribution in [2.45, 2.75) is 44.6 Å². The quantitative estimate of drug-likeness (QED) is 0.920. The molecule has 1 aliphatic heterocycles. The molecule has 106 valence electrons. The first-order chi connectivity index (χ1) is 9.22. The summed E-state index contributed by atoms with van der Waals surface area (Å²) in [5.41, 5.74) is 6.64. The molecule has 1 atom stereocenters. The van der Waals surface area contributed by atoms with Crippen LogP contribution in [0.1, 0.15) is 50.3 Å². The summed E-state index contributed by atoms with van der Waals surface area (Å²) < 4.78 is 6.50. The van der Waals surface area contributed by atoms with E-state index in [4.69, 9.17) is 10.2 Å². The third-order valence-corrected chi connectivity index (χ3v) is 5.54. The van der Waals surface area contributed by atoms with E-state index >= 15 is 0 Å². The number of furan rings is 1. The fraction of sp³-hybridized carbons (Fsp3) is 0.733. The molecular weight excluding hydrogens is 304 g/mol. The fourth-order valence-electron chi connectivity index (χ4n) is 3.89. The Morgan fingerprint density at radius 3 is 2.42 bits per heavy atom. The SMILES string of the molecule is NCC(c1ccc(Br)o1)N1CCC2(CCCC2)CC1. The van der Waals surface area contributed by atoms with Gasteiger partial charge in [-0.25, -0.2) is 0 Å². The minimum Gasteiger partial charge on any atom is -0.453 e. The molecule has 3 rings (SSSR count). The first-order valence-corrected chi connectivity index (χ1v) is 8.21. The van der Waals surface area contributed by atoms with Crippen LogP contribution in [0, 0.1) is 5.41 Å². The lowest BCUT2D eigenvalue weighted by Crippen LogP contribution is -2.43. The molecule has 3 nitrogen and oxygen atoms in total. The Balaban J connectivity index is 1.66. The molecule has 0 bridgehead atoms. The molecule has 19 heavy (non-hydrogen) atoms. The summed E-state index contributed by atoms with van der Waals surface area (Å²) in [4.78, 5) is 2.51. The van der Waals surface area contributed by atoms with Crippen molar-refractivity contribution in [2.24, 2.45) is 11.1 Å². The second-order valence-electron chi connectivity index (χ2n) is 6.14. The summed E-state index contributed by atoms with van der Waals surface area (Å²) in [6.45, 7) is 2.97. The van der Waals surface area contributed by atoms with Gasteiger partial charge in [-0.1, -0.05) is 12.8 Å². The zero-order chi connectivity index (χ0) is 13.3. The Bertz CT molecular complexity index is 416. The van der Waals surface area contributed by atoms with E-state index in [-0.39, 0.29) is 6.04 Å². The van der Waals surface area contributed by atoms with Crippen molar-refractivity contribution in [3.63, 3.8) is 0 Å². The molecule has 1 unspecified atom stereocenters. The maximum Gasteiger partial charge on any atom is 0.169 e. The van der Waals surface area contributed by atoms with Gasteiger partial charge in [-0.2, -0.15) is 0 Å². The lowest BCUT2D eigenvalue weighted by atomic mass is 9.77. The highest BCUT2D eigenvalue weighted by atomic mass is 79.9. The Morgan fingerprint density at radius 1 is 1.21 bits per heavy atom. The Morgan fingerprint density at radius 2 is 1.89 bits per heavy atom. The summed E-state index contributed by atoms with van der Waals surface area (Å²) in [6.07, 6.45) is 8.44. The van der Waals surface area contributed by atoms with Crippen LogP contribution in [-0.2, 0) is 0 Å². The molecule has 1 saturated heterocycles. The molecule has 2 fully saturated rings. The number of halogens is 1. The normalized spacial score (nSPS) is 24.9. The molecule has 0 amide bonds. The summed E-state index contributed by atoms with van der Waals surface area (Å²) in [6, 6.07) is 4.24. The van der Waals surface area contributed by atoms with E-state index in [0.717, 1.165) is 10.4 Å². The highest BCUT2D eigenvalue weighted by molar-refractivity contribution is 9.10. The van der Waals surface area contributed by atoms with Crippen molar-refractivity contribution in [2.75, 3.05) is 19.6 Å². The van der Waals surface area contributed by atoms with Gasteiger partial charge >= 0.3 is 0 Å². The third-order valence-electron chi connectivity index (χ3n) is 5.11. The summed E-state index contributed by atoms with van der Waals surface area (Å²) in [7, 11) is 0. The Labute approximate surface area is 123 Å². The standard InChI is InChI=1S/C15H23BrN2O/c16-14-4-3-13(19-14)12(11-17)18-9-7-15(8-10-18)5-1-2-6-15/h3-4,12H,1-2,5-11,17H2. The first kappa shape index (κ1) is 13.7. The number of rotatable bonds is 3. The van der Waals surface area contributed by atoms with Crippen LogP contribution in [0.5, 0.6) is 0 Å². The Kier molecular flexibility index (Phi) is 4.01. The van der Waals surface area contributed by atoms with Gasteiger partial charge in [0.15, 0.2) is 4.67 Å². The predicted octanol–water partition coefficient (Wildman–Crippen LogP) is 3.70. The molecule has 4 heteroatoms. The van der Waals surface area contributed by atoms with Crippen LogP contribution in [0.15, 0.2) is 21.2 Å². The third kappa shape index (κ3) is 2.76. The topological polar surface area (TPSA) is 42.4 Å². The Hall–Kier alpha value is -0.320. The van der Waals surface area contributed by atoms with E-state index in [9.17, 15) is 0 Å². The number of hydrogen-bond donors (Lipinski definition) is 1. The van der Waals surface area contributed by atoms with Gasteiger partial charge in [0, 0.05) is 6.54 Å². The summed E-state index contributed by atoms with van der Waals surface area (Å²) in [5.74, 6) is 0.997. The molecule has 1 spiro atoms. The van der Waals surface area contributed by atoms with Gasteiger partial charge < -0.3 is 10.2 Å². The van der Waals surface area contributed by atoms with E-state index in [1.807, 2.05) is 12.1 Å². The van der Waals surface area contributed by atoms with Crippen LogP contribution in [-0.4, -0.2) is 24.5 Å². The van der Waals surface area contributed by atoms with Crippen LogP contribution in [0.4, 0.5) is 0 Å². The molecule has 0 radical (unpaired) electrons. The van der Waals surface area contributed by atoms with E-state index in [1.165, 1.54) is 51.6 Å². The van der Waals surface area contributed by atoms with Gasteiger partial charge in [0.1, 0.15) is 5.76 Å². The second-order valence-corrected chi connectivity index (χ2v) is 6.92. The van der Waals surface area contributed by atoms with Gasteiger partial charge in [-0.15, -0.1) is 0 Å². The van der Waals surface area contributed by atoms with Crippen LogP contribution >= 0.6 is 15.9 Å². The molecule has 1 aromatic heterocycles. The summed E-state index contributed by atoms with van der Waals surface area (Å²) in [5, 5.41) is 0. The van der Waals surface area contributed by atoms with Crippen LogP contribution in [0.2, 0.25) is 0 Å². The van der Waals surface area contributed by atoms with Gasteiger partial charge in [0.25, 0.3) is 0 Å². The minimum absolute atomic E-state index is 0.241. The molecule has 1 aromatic rings. The average Bonchev–Trinajstić information content (AvgIpc) is 3.03. The average molecular weight is 327 g/mol. The van der Waals surface area contributed by atoms with Crippen LogP contribution in [0.3, 0.4) is 0 Å². The van der Waals surface area contributed by atoms with Crippen molar-refractivity contribution in [3.8, 4) is 0 Å². The van der Waals surface area contributed by atoms with Gasteiger partial charge in [-0.3, -0.25) is 4.90 Å². The zero-order valence-corrected chi connectivity index (χ0v) is 13.0. The van der Waals surface area contributed by atoms with Crippen molar-refractivity contribution in [1.82, 2.24) is 4.90 Å². The maximum absolute atomic E-state index is 5.97. The van der Waals surface area contributed by atoms with Crippen LogP contribution < -0.4 is 5.73 Å². The molecular formula is C15H23BrN2O. The van der Waals surface area contributed by atoms with Crippen molar-refractivity contribution < 1.29 is 4.42 Å². The lowest BCUT2D eigenvalue weighted by molar-refractivity contribution is 0.0700. The lowest BCUT2D eigenvalue weighted by Gasteiger charge is -2.42. The predicted molar refractivity (Wildman–Crippen MR) is 79.9 cm³/mol. The van der Waals surface area contributed by atoms with E-state index in [2.05, 4.69) is 20.8 Å². The van der Waals surface area contributed by atoms with Crippen LogP contribution in [0.25, 0.3) is 0 Å². The van der Waals surface area contributed by atoms with E-state index in [1.54, 1.807) is 0 Å². The highest BCUT2D eigenvalue weighted by Gasteiger charge is 2.38. The molecule has 1 saturated carbocycles. The number of nitrogens with two attached hydrogens (primary N) is 1. The zero-order valence-electron chi connectivity index (χ0n) is 11.4. The second kappa shape index (κ2) is 5.58. The highest BCUT2D eigenvalue weighted by Crippen LogP contribution is 2.47. The monoisotopic (exact) mass is 326 g/mol. The van der Waals surface area contributed by atoms with Gasteiger partial charge in [-0.05, 0) is 72.3 Å². The molecule has 0 aromatic carbocycles. The molecule has 2 N–H and O–H groups in total. The van der Waals surface area contributed by atoms with Crippen molar-refractivity contribution in [1.29, 1.82) is 0 Å². The molecule has 2 heterocycles. The molecule has 1 aliphatic carbocycles. The van der Waals surface area contributed by atoms with Gasteiger partial charge in [0.05, 0.1) is 6.04 Å². The molecule has 2 aliphatic rings. The number of likely N-dealkylation sites (tertiary alicyclic amines) is 1. The number of hydrogen-bond acceptors (Lipinski definition) is 3. The fourth-order valence-corrected chi connectivity index (χ4v) is 4.21. The van der Waals surface area contributed by atoms with Crippen molar-refractivity contribution in [3.05, 3.63) is 22.6 Å². The smallest absolute Gasteiger partial charge is 0.169 e.